The maximum atomic E-state index is 12.0. The van der Waals surface area contributed by atoms with E-state index in [0.29, 0.717) is 12.8 Å². The van der Waals surface area contributed by atoms with Crippen molar-refractivity contribution in [2.45, 2.75) is 78.0 Å². The van der Waals surface area contributed by atoms with Crippen molar-refractivity contribution in [3.63, 3.8) is 0 Å². The molecule has 0 saturated heterocycles. The van der Waals surface area contributed by atoms with Crippen LogP contribution in [-0.4, -0.2) is 35.7 Å². The highest BCUT2D eigenvalue weighted by Gasteiger charge is 2.22. The maximum absolute atomic E-state index is 12.0. The number of ether oxygens (including phenoxy) is 1. The van der Waals surface area contributed by atoms with Crippen LogP contribution < -0.4 is 10.6 Å². The van der Waals surface area contributed by atoms with E-state index in [1.807, 2.05) is 86.6 Å². The minimum absolute atomic E-state index is 0.101. The Hall–Kier alpha value is -4.50. The molecule has 0 heterocycles. The summed E-state index contributed by atoms with van der Waals surface area (Å²) in [7, 11) is 0. The Morgan fingerprint density at radius 2 is 1.27 bits per heavy atom. The monoisotopic (exact) mass is 546 g/mol. The van der Waals surface area contributed by atoms with E-state index in [1.54, 1.807) is 0 Å². The van der Waals surface area contributed by atoms with E-state index < -0.39 is 18.2 Å². The first kappa shape index (κ1) is 33.5. The molecule has 9 nitrogen and oxygen atoms in total. The summed E-state index contributed by atoms with van der Waals surface area (Å²) in [6.45, 7) is 5.49. The molecular weight excluding hydrogens is 508 g/mol. The van der Waals surface area contributed by atoms with E-state index in [9.17, 15) is 19.2 Å². The van der Waals surface area contributed by atoms with Gasteiger partial charge in [0.1, 0.15) is 6.61 Å². The smallest absolute Gasteiger partial charge is 0.408 e. The summed E-state index contributed by atoms with van der Waals surface area (Å²) in [5.74, 6) is -0.214. The first-order valence-electron chi connectivity index (χ1n) is 13.2. The van der Waals surface area contributed by atoms with Crippen molar-refractivity contribution in [1.29, 1.82) is 10.5 Å². The lowest BCUT2D eigenvalue weighted by Gasteiger charge is -2.19. The fraction of sp³-hybridized carbons (Fsp3) is 0.419. The van der Waals surface area contributed by atoms with Gasteiger partial charge in [-0.25, -0.2) is 4.79 Å². The first-order valence-corrected chi connectivity index (χ1v) is 13.2. The van der Waals surface area contributed by atoms with Crippen molar-refractivity contribution in [2.75, 3.05) is 0 Å². The molecule has 0 fully saturated rings. The van der Waals surface area contributed by atoms with Crippen LogP contribution in [0.15, 0.2) is 60.7 Å². The number of nitrogens with one attached hydrogen (secondary N) is 2. The van der Waals surface area contributed by atoms with Crippen molar-refractivity contribution >= 4 is 23.6 Å². The molecule has 2 amide bonds. The lowest BCUT2D eigenvalue weighted by molar-refractivity contribution is -0.126. The SMILES string of the molecule is CC(=O)N[C@@H](Cc1ccccc1)C(=O)CCC#N.CC(C)C[C@H](NC(=O)OCc1ccccc1)C(=O)CCC#N. The van der Waals surface area contributed by atoms with Gasteiger partial charge in [-0.1, -0.05) is 74.5 Å². The van der Waals surface area contributed by atoms with Gasteiger partial charge in [0.05, 0.1) is 24.2 Å². The number of alkyl carbamates (subject to hydrolysis) is 1. The molecule has 212 valence electrons. The number of ketones is 2. The van der Waals surface area contributed by atoms with Gasteiger partial charge in [0.25, 0.3) is 0 Å². The second-order valence-corrected chi connectivity index (χ2v) is 9.58. The molecule has 0 radical (unpaired) electrons. The largest absolute Gasteiger partial charge is 0.445 e. The van der Waals surface area contributed by atoms with Crippen LogP contribution in [0.2, 0.25) is 0 Å². The number of carbonyl (C=O) groups is 4. The minimum Gasteiger partial charge on any atom is -0.445 e. The molecule has 0 aliphatic carbocycles. The van der Waals surface area contributed by atoms with Gasteiger partial charge in [-0.15, -0.1) is 0 Å². The van der Waals surface area contributed by atoms with Crippen molar-refractivity contribution in [3.8, 4) is 12.1 Å². The number of carbonyl (C=O) groups excluding carboxylic acids is 4. The average Bonchev–Trinajstić information content (AvgIpc) is 2.93. The molecule has 0 spiro atoms. The van der Waals surface area contributed by atoms with Crippen LogP contribution in [0.1, 0.15) is 64.0 Å². The fourth-order valence-electron chi connectivity index (χ4n) is 3.70. The summed E-state index contributed by atoms with van der Waals surface area (Å²) in [6, 6.07) is 21.6. The molecule has 9 heteroatoms. The molecule has 2 aromatic carbocycles. The lowest BCUT2D eigenvalue weighted by Crippen LogP contribution is -2.41. The van der Waals surface area contributed by atoms with Crippen LogP contribution in [0.3, 0.4) is 0 Å². The van der Waals surface area contributed by atoms with E-state index in [0.717, 1.165) is 11.1 Å². The molecule has 40 heavy (non-hydrogen) atoms. The van der Waals surface area contributed by atoms with Crippen molar-refractivity contribution in [1.82, 2.24) is 10.6 Å². The van der Waals surface area contributed by atoms with Crippen LogP contribution in [-0.2, 0) is 32.1 Å². The summed E-state index contributed by atoms with van der Waals surface area (Å²) in [5.41, 5.74) is 1.87. The highest BCUT2D eigenvalue weighted by Crippen LogP contribution is 2.10. The molecular formula is C31H38N4O5. The Morgan fingerprint density at radius 1 is 0.775 bits per heavy atom. The number of rotatable bonds is 14. The minimum atomic E-state index is -0.611. The molecule has 0 aliphatic rings. The molecule has 2 rings (SSSR count). The topological polar surface area (TPSA) is 149 Å². The van der Waals surface area contributed by atoms with Crippen molar-refractivity contribution in [3.05, 3.63) is 71.8 Å². The molecule has 0 bridgehead atoms. The van der Waals surface area contributed by atoms with Gasteiger partial charge >= 0.3 is 6.09 Å². The second kappa shape index (κ2) is 19.6. The summed E-state index contributed by atoms with van der Waals surface area (Å²) in [5, 5.41) is 22.3. The number of amides is 2. The zero-order valence-corrected chi connectivity index (χ0v) is 23.4. The van der Waals surface area contributed by atoms with Crippen molar-refractivity contribution < 1.29 is 23.9 Å². The van der Waals surface area contributed by atoms with Crippen LogP contribution >= 0.6 is 0 Å². The summed E-state index contributed by atoms with van der Waals surface area (Å²) in [6.07, 6.45) is 1.05. The van der Waals surface area contributed by atoms with Crippen LogP contribution in [0.5, 0.6) is 0 Å². The zero-order valence-electron chi connectivity index (χ0n) is 23.4. The Kier molecular flexibility index (Phi) is 16.4. The van der Waals surface area contributed by atoms with Gasteiger partial charge in [-0.2, -0.15) is 10.5 Å². The van der Waals surface area contributed by atoms with Gasteiger partial charge in [0.2, 0.25) is 5.91 Å². The highest BCUT2D eigenvalue weighted by atomic mass is 16.5. The third-order valence-electron chi connectivity index (χ3n) is 5.62. The number of hydrogen-bond acceptors (Lipinski definition) is 7. The van der Waals surface area contributed by atoms with Gasteiger partial charge in [-0.05, 0) is 29.9 Å². The van der Waals surface area contributed by atoms with E-state index in [-0.39, 0.29) is 55.7 Å². The quantitative estimate of drug-likeness (QED) is 0.345. The molecule has 0 saturated carbocycles. The normalized spacial score (nSPS) is 11.4. The maximum Gasteiger partial charge on any atom is 0.408 e. The Morgan fingerprint density at radius 3 is 1.75 bits per heavy atom. The van der Waals surface area contributed by atoms with Gasteiger partial charge in [-0.3, -0.25) is 14.4 Å². The van der Waals surface area contributed by atoms with Gasteiger partial charge in [0.15, 0.2) is 11.6 Å². The van der Waals surface area contributed by atoms with E-state index in [1.165, 1.54) is 6.92 Å². The van der Waals surface area contributed by atoms with Gasteiger partial charge < -0.3 is 15.4 Å². The third kappa shape index (κ3) is 15.0. The molecule has 0 unspecified atom stereocenters. The zero-order chi connectivity index (χ0) is 29.8. The molecule has 0 aromatic heterocycles. The van der Waals surface area contributed by atoms with E-state index in [2.05, 4.69) is 10.6 Å². The lowest BCUT2D eigenvalue weighted by atomic mass is 9.98. The highest BCUT2D eigenvalue weighted by molar-refractivity contribution is 5.89. The predicted octanol–water partition coefficient (Wildman–Crippen LogP) is 4.81. The van der Waals surface area contributed by atoms with E-state index in [4.69, 9.17) is 15.3 Å². The standard InChI is InChI=1S/C17H22N2O3.C14H16N2O2/c1-13(2)11-15(16(20)9-6-10-18)19-17(21)22-12-14-7-4-3-5-8-14;1-11(17)16-13(14(18)8-5-9-15)10-12-6-3-2-4-7-12/h3-5,7-8,13,15H,6,9,11-12H2,1-2H3,(H,19,21);2-4,6-7,13H,5,8,10H2,1H3,(H,16,17)/t15-;13-/m00/s1. The third-order valence-corrected chi connectivity index (χ3v) is 5.62. The molecule has 2 aromatic rings. The van der Waals surface area contributed by atoms with Crippen LogP contribution in [0.4, 0.5) is 4.79 Å². The average molecular weight is 547 g/mol. The van der Waals surface area contributed by atoms with Crippen LogP contribution in [0.25, 0.3) is 0 Å². The number of nitrogens with zero attached hydrogens (tertiary/aromatic N) is 2. The van der Waals surface area contributed by atoms with Gasteiger partial charge in [0, 0.05) is 32.6 Å². The summed E-state index contributed by atoms with van der Waals surface area (Å²) >= 11 is 0. The second-order valence-electron chi connectivity index (χ2n) is 9.58. The Bertz CT molecular complexity index is 1150. The fourth-order valence-corrected chi connectivity index (χ4v) is 3.70. The molecule has 2 N–H and O–H groups in total. The number of benzene rings is 2. The number of nitriles is 2. The molecule has 2 atom stereocenters. The summed E-state index contributed by atoms with van der Waals surface area (Å²) in [4.78, 5) is 46.8. The van der Waals surface area contributed by atoms with Crippen molar-refractivity contribution in [2.24, 2.45) is 5.92 Å². The first-order chi connectivity index (χ1) is 19.2. The van der Waals surface area contributed by atoms with Crippen LogP contribution in [0, 0.1) is 28.6 Å². The Balaban J connectivity index is 0.000000408. The molecule has 0 aliphatic heterocycles. The van der Waals surface area contributed by atoms with E-state index >= 15 is 0 Å². The number of hydrogen-bond donors (Lipinski definition) is 2. The number of Topliss-reactive ketones (excluding diaryl/α,β-unsaturated/α-hetero) is 2. The predicted molar refractivity (Wildman–Crippen MR) is 150 cm³/mol. The Labute approximate surface area is 236 Å². The summed E-state index contributed by atoms with van der Waals surface area (Å²) < 4.78 is 5.13.